The third-order valence-corrected chi connectivity index (χ3v) is 5.24. The Morgan fingerprint density at radius 3 is 2.53 bits per heavy atom. The lowest BCUT2D eigenvalue weighted by Gasteiger charge is -2.31. The van der Waals surface area contributed by atoms with Crippen molar-refractivity contribution >= 4 is 35.0 Å². The van der Waals surface area contributed by atoms with Gasteiger partial charge in [0.2, 0.25) is 0 Å². The van der Waals surface area contributed by atoms with E-state index in [9.17, 15) is 22.8 Å². The second-order valence-corrected chi connectivity index (χ2v) is 7.60. The molecule has 0 unspecified atom stereocenters. The molecule has 0 radical (unpaired) electrons. The van der Waals surface area contributed by atoms with Crippen molar-refractivity contribution in [3.63, 3.8) is 0 Å². The van der Waals surface area contributed by atoms with E-state index >= 15 is 0 Å². The standard InChI is InChI=1S/C21H21ClF3N3O4/c1-31-17-4-3-15(22)10-16(17)27-19(29)12-32-20(30)13-6-8-28(9-7-13)18-5-2-14(11-26-18)21(23,24)25/h2-5,10-11,13H,6-9,12H2,1H3,(H,27,29). The Morgan fingerprint density at radius 1 is 1.22 bits per heavy atom. The number of esters is 1. The molecule has 1 N–H and O–H groups in total. The predicted molar refractivity (Wildman–Crippen MR) is 112 cm³/mol. The SMILES string of the molecule is COc1ccc(Cl)cc1NC(=O)COC(=O)C1CCN(c2ccc(C(F)(F)F)cn2)CC1. The molecule has 0 spiro atoms. The van der Waals surface area contributed by atoms with E-state index in [1.165, 1.54) is 19.2 Å². The van der Waals surface area contributed by atoms with E-state index in [0.29, 0.717) is 48.2 Å². The number of pyridine rings is 1. The highest BCUT2D eigenvalue weighted by atomic mass is 35.5. The van der Waals surface area contributed by atoms with E-state index in [2.05, 4.69) is 10.3 Å². The summed E-state index contributed by atoms with van der Waals surface area (Å²) >= 11 is 5.92. The van der Waals surface area contributed by atoms with Gasteiger partial charge < -0.3 is 19.7 Å². The summed E-state index contributed by atoms with van der Waals surface area (Å²) in [7, 11) is 1.45. The van der Waals surface area contributed by atoms with E-state index < -0.39 is 36.1 Å². The van der Waals surface area contributed by atoms with Gasteiger partial charge in [0, 0.05) is 24.3 Å². The largest absolute Gasteiger partial charge is 0.495 e. The van der Waals surface area contributed by atoms with Crippen LogP contribution in [0.3, 0.4) is 0 Å². The van der Waals surface area contributed by atoms with Crippen LogP contribution in [-0.2, 0) is 20.5 Å². The minimum Gasteiger partial charge on any atom is -0.495 e. The fourth-order valence-corrected chi connectivity index (χ4v) is 3.48. The molecule has 0 aliphatic carbocycles. The maximum atomic E-state index is 12.7. The number of rotatable bonds is 6. The van der Waals surface area contributed by atoms with Crippen molar-refractivity contribution in [2.24, 2.45) is 5.92 Å². The summed E-state index contributed by atoms with van der Waals surface area (Å²) in [4.78, 5) is 30.1. The lowest BCUT2D eigenvalue weighted by Crippen LogP contribution is -2.38. The van der Waals surface area contributed by atoms with Gasteiger partial charge in [-0.3, -0.25) is 9.59 Å². The van der Waals surface area contributed by atoms with Crippen LogP contribution in [0.2, 0.25) is 5.02 Å². The third-order valence-electron chi connectivity index (χ3n) is 5.01. The van der Waals surface area contributed by atoms with Crippen molar-refractivity contribution in [2.75, 3.05) is 37.0 Å². The van der Waals surface area contributed by atoms with Crippen LogP contribution in [0.5, 0.6) is 5.75 Å². The van der Waals surface area contributed by atoms with Crippen molar-refractivity contribution in [1.29, 1.82) is 0 Å². The average molecular weight is 472 g/mol. The van der Waals surface area contributed by atoms with E-state index in [0.717, 1.165) is 12.3 Å². The van der Waals surface area contributed by atoms with Gasteiger partial charge in [0.15, 0.2) is 6.61 Å². The van der Waals surface area contributed by atoms with Crippen LogP contribution in [-0.4, -0.2) is 43.7 Å². The molecule has 0 saturated carbocycles. The summed E-state index contributed by atoms with van der Waals surface area (Å²) in [6.45, 7) is 0.406. The highest BCUT2D eigenvalue weighted by molar-refractivity contribution is 6.31. The molecule has 2 aromatic rings. The van der Waals surface area contributed by atoms with Crippen LogP contribution in [0, 0.1) is 5.92 Å². The Kier molecular flexibility index (Phi) is 7.44. The maximum Gasteiger partial charge on any atom is 0.417 e. The maximum absolute atomic E-state index is 12.7. The van der Waals surface area contributed by atoms with E-state index in [1.54, 1.807) is 12.1 Å². The Labute approximate surface area is 187 Å². The molecule has 3 rings (SSSR count). The zero-order chi connectivity index (χ0) is 23.3. The third kappa shape index (κ3) is 6.03. The first-order chi connectivity index (χ1) is 15.2. The van der Waals surface area contributed by atoms with Crippen molar-refractivity contribution in [1.82, 2.24) is 4.98 Å². The Morgan fingerprint density at radius 2 is 1.94 bits per heavy atom. The van der Waals surface area contributed by atoms with Gasteiger partial charge in [-0.15, -0.1) is 0 Å². The number of amides is 1. The molecule has 1 fully saturated rings. The van der Waals surface area contributed by atoms with Gasteiger partial charge in [-0.2, -0.15) is 13.2 Å². The Hall–Kier alpha value is -3.01. The van der Waals surface area contributed by atoms with E-state index in [4.69, 9.17) is 21.1 Å². The lowest BCUT2D eigenvalue weighted by atomic mass is 9.97. The molecular formula is C21H21ClF3N3O4. The van der Waals surface area contributed by atoms with Gasteiger partial charge in [-0.25, -0.2) is 4.98 Å². The van der Waals surface area contributed by atoms with Gasteiger partial charge in [-0.05, 0) is 43.2 Å². The molecule has 1 aromatic heterocycles. The summed E-state index contributed by atoms with van der Waals surface area (Å²) < 4.78 is 48.3. The van der Waals surface area contributed by atoms with E-state index in [-0.39, 0.29) is 0 Å². The fourth-order valence-electron chi connectivity index (χ4n) is 3.30. The number of carbonyl (C=O) groups excluding carboxylic acids is 2. The summed E-state index contributed by atoms with van der Waals surface area (Å²) in [6, 6.07) is 7.03. The number of nitrogens with zero attached hydrogens (tertiary/aromatic N) is 2. The molecule has 1 amide bonds. The van der Waals surface area contributed by atoms with Gasteiger partial charge in [0.25, 0.3) is 5.91 Å². The lowest BCUT2D eigenvalue weighted by molar-refractivity contribution is -0.152. The van der Waals surface area contributed by atoms with Crippen molar-refractivity contribution in [2.45, 2.75) is 19.0 Å². The minimum absolute atomic E-state index is 0.360. The second-order valence-electron chi connectivity index (χ2n) is 7.16. The number of nitrogens with one attached hydrogen (secondary N) is 1. The number of ether oxygens (including phenoxy) is 2. The smallest absolute Gasteiger partial charge is 0.417 e. The molecular weight excluding hydrogens is 451 g/mol. The van der Waals surface area contributed by atoms with E-state index in [1.807, 2.05) is 4.90 Å². The number of alkyl halides is 3. The molecule has 0 atom stereocenters. The molecule has 0 bridgehead atoms. The second kappa shape index (κ2) is 10.1. The molecule has 11 heteroatoms. The number of benzene rings is 1. The summed E-state index contributed by atoms with van der Waals surface area (Å²) in [5, 5.41) is 2.99. The monoisotopic (exact) mass is 471 g/mol. The molecule has 1 aliphatic heterocycles. The number of methoxy groups -OCH3 is 1. The number of piperidine rings is 1. The fraction of sp³-hybridized carbons (Fsp3) is 0.381. The molecule has 2 heterocycles. The van der Waals surface area contributed by atoms with Gasteiger partial charge in [-0.1, -0.05) is 11.6 Å². The van der Waals surface area contributed by atoms with Crippen molar-refractivity contribution in [3.8, 4) is 5.75 Å². The first kappa shape index (κ1) is 23.6. The van der Waals surface area contributed by atoms with Gasteiger partial charge in [0.05, 0.1) is 24.3 Å². The highest BCUT2D eigenvalue weighted by Crippen LogP contribution is 2.30. The zero-order valence-electron chi connectivity index (χ0n) is 17.1. The molecule has 1 saturated heterocycles. The quantitative estimate of drug-likeness (QED) is 0.637. The number of halogens is 4. The molecule has 32 heavy (non-hydrogen) atoms. The molecule has 1 aliphatic rings. The number of hydrogen-bond acceptors (Lipinski definition) is 6. The molecule has 1 aromatic carbocycles. The predicted octanol–water partition coefficient (Wildman–Crippen LogP) is 4.16. The van der Waals surface area contributed by atoms with Crippen molar-refractivity contribution < 1.29 is 32.2 Å². The van der Waals surface area contributed by atoms with Crippen LogP contribution in [0.1, 0.15) is 18.4 Å². The number of aromatic nitrogens is 1. The summed E-state index contributed by atoms with van der Waals surface area (Å²) in [6.07, 6.45) is -2.77. The Bertz CT molecular complexity index is 962. The van der Waals surface area contributed by atoms with Crippen LogP contribution in [0.4, 0.5) is 24.7 Å². The zero-order valence-corrected chi connectivity index (χ0v) is 17.9. The average Bonchev–Trinajstić information content (AvgIpc) is 2.77. The Balaban J connectivity index is 1.46. The number of anilines is 2. The minimum atomic E-state index is -4.44. The summed E-state index contributed by atoms with van der Waals surface area (Å²) in [5.41, 5.74) is -0.452. The van der Waals surface area contributed by atoms with Crippen LogP contribution in [0.15, 0.2) is 36.5 Å². The van der Waals surface area contributed by atoms with Gasteiger partial charge >= 0.3 is 12.1 Å². The first-order valence-corrected chi connectivity index (χ1v) is 10.1. The van der Waals surface area contributed by atoms with Crippen molar-refractivity contribution in [3.05, 3.63) is 47.1 Å². The normalized spacial score (nSPS) is 14.7. The number of carbonyl (C=O) groups is 2. The molecule has 7 nitrogen and oxygen atoms in total. The topological polar surface area (TPSA) is 80.8 Å². The molecule has 172 valence electrons. The first-order valence-electron chi connectivity index (χ1n) is 9.75. The van der Waals surface area contributed by atoms with Crippen LogP contribution < -0.4 is 15.0 Å². The van der Waals surface area contributed by atoms with Crippen LogP contribution >= 0.6 is 11.6 Å². The van der Waals surface area contributed by atoms with Gasteiger partial charge in [0.1, 0.15) is 11.6 Å². The van der Waals surface area contributed by atoms with Crippen LogP contribution in [0.25, 0.3) is 0 Å². The summed E-state index contributed by atoms with van der Waals surface area (Å²) in [5.74, 6) is -0.615. The number of hydrogen-bond donors (Lipinski definition) is 1. The highest BCUT2D eigenvalue weighted by Gasteiger charge is 2.31.